The van der Waals surface area contributed by atoms with Crippen LogP contribution >= 0.6 is 15.9 Å². The predicted octanol–water partition coefficient (Wildman–Crippen LogP) is 3.48. The zero-order valence-corrected chi connectivity index (χ0v) is 12.6. The first kappa shape index (κ1) is 15.5. The van der Waals surface area contributed by atoms with Crippen LogP contribution in [-0.4, -0.2) is 17.6 Å². The first-order valence-electron chi connectivity index (χ1n) is 6.10. The van der Waals surface area contributed by atoms with Crippen LogP contribution in [0.1, 0.15) is 25.8 Å². The third kappa shape index (κ3) is 4.92. The van der Waals surface area contributed by atoms with Crippen LogP contribution in [0, 0.1) is 23.2 Å². The number of aliphatic carboxylic acids is 1. The molecule has 0 aliphatic carbocycles. The third-order valence-corrected chi connectivity index (χ3v) is 3.40. The van der Waals surface area contributed by atoms with Gasteiger partial charge in [-0.1, -0.05) is 13.8 Å². The van der Waals surface area contributed by atoms with Crippen LogP contribution in [0.4, 0.5) is 5.69 Å². The topological polar surface area (TPSA) is 73.1 Å². The van der Waals surface area contributed by atoms with Gasteiger partial charge < -0.3 is 10.4 Å². The maximum absolute atomic E-state index is 11.1. The van der Waals surface area contributed by atoms with E-state index in [1.165, 1.54) is 0 Å². The molecule has 0 aromatic heterocycles. The molecule has 1 atom stereocenters. The van der Waals surface area contributed by atoms with Gasteiger partial charge in [0.1, 0.15) is 6.07 Å². The Bertz CT molecular complexity index is 495. The van der Waals surface area contributed by atoms with Gasteiger partial charge in [-0.2, -0.15) is 5.26 Å². The molecular weight excluding hydrogens is 308 g/mol. The van der Waals surface area contributed by atoms with Gasteiger partial charge in [-0.3, -0.25) is 4.79 Å². The third-order valence-electron chi connectivity index (χ3n) is 2.75. The van der Waals surface area contributed by atoms with Crippen LogP contribution in [-0.2, 0) is 4.79 Å². The summed E-state index contributed by atoms with van der Waals surface area (Å²) in [6, 6.07) is 7.32. The quantitative estimate of drug-likeness (QED) is 0.840. The van der Waals surface area contributed by atoms with Crippen LogP contribution in [0.25, 0.3) is 0 Å². The van der Waals surface area contributed by atoms with Gasteiger partial charge in [0.05, 0.1) is 11.5 Å². The Kier molecular flexibility index (Phi) is 5.84. The highest BCUT2D eigenvalue weighted by atomic mass is 79.9. The van der Waals surface area contributed by atoms with E-state index in [0.29, 0.717) is 28.9 Å². The maximum Gasteiger partial charge on any atom is 0.308 e. The lowest BCUT2D eigenvalue weighted by molar-refractivity contribution is -0.141. The number of carboxylic acid groups (broad SMARTS) is 1. The van der Waals surface area contributed by atoms with Gasteiger partial charge in [-0.15, -0.1) is 0 Å². The summed E-state index contributed by atoms with van der Waals surface area (Å²) in [5.74, 6) is -0.848. The van der Waals surface area contributed by atoms with Gasteiger partial charge in [-0.05, 0) is 46.5 Å². The molecule has 0 saturated heterocycles. The number of carboxylic acids is 1. The Balaban J connectivity index is 2.67. The lowest BCUT2D eigenvalue weighted by Gasteiger charge is -2.16. The molecule has 0 aliphatic heterocycles. The summed E-state index contributed by atoms with van der Waals surface area (Å²) in [7, 11) is 0. The molecule has 1 rings (SSSR count). The summed E-state index contributed by atoms with van der Waals surface area (Å²) >= 11 is 3.30. The number of halogens is 1. The number of hydrogen-bond acceptors (Lipinski definition) is 3. The molecule has 0 amide bonds. The first-order chi connectivity index (χ1) is 8.93. The fourth-order valence-corrected chi connectivity index (χ4v) is 2.26. The van der Waals surface area contributed by atoms with Gasteiger partial charge in [-0.25, -0.2) is 0 Å². The van der Waals surface area contributed by atoms with Gasteiger partial charge in [0.2, 0.25) is 0 Å². The van der Waals surface area contributed by atoms with Crippen LogP contribution in [0.3, 0.4) is 0 Å². The molecule has 0 fully saturated rings. The molecule has 1 unspecified atom stereocenters. The number of nitrogens with one attached hydrogen (secondary N) is 1. The van der Waals surface area contributed by atoms with Gasteiger partial charge in [0.15, 0.2) is 0 Å². The summed E-state index contributed by atoms with van der Waals surface area (Å²) in [5.41, 5.74) is 1.36. The number of benzene rings is 1. The van der Waals surface area contributed by atoms with Crippen molar-refractivity contribution in [2.45, 2.75) is 20.3 Å². The van der Waals surface area contributed by atoms with Crippen LogP contribution in [0.15, 0.2) is 22.7 Å². The molecule has 0 heterocycles. The SMILES string of the molecule is CC(C)CC(CNc1ccc(C#N)c(Br)c1)C(=O)O. The Morgan fingerprint density at radius 1 is 1.53 bits per heavy atom. The van der Waals surface area contributed by atoms with Gasteiger partial charge in [0.25, 0.3) is 0 Å². The molecule has 0 aliphatic rings. The van der Waals surface area contributed by atoms with E-state index in [0.717, 1.165) is 5.69 Å². The lowest BCUT2D eigenvalue weighted by atomic mass is 9.97. The normalized spacial score (nSPS) is 11.9. The van der Waals surface area contributed by atoms with Crippen molar-refractivity contribution in [2.75, 3.05) is 11.9 Å². The Morgan fingerprint density at radius 2 is 2.21 bits per heavy atom. The molecule has 102 valence electrons. The van der Waals surface area contributed by atoms with E-state index in [4.69, 9.17) is 10.4 Å². The average Bonchev–Trinajstić information content (AvgIpc) is 2.34. The molecule has 4 nitrogen and oxygen atoms in total. The van der Waals surface area contributed by atoms with E-state index < -0.39 is 11.9 Å². The van der Waals surface area contributed by atoms with Crippen molar-refractivity contribution < 1.29 is 9.90 Å². The molecule has 0 spiro atoms. The highest BCUT2D eigenvalue weighted by molar-refractivity contribution is 9.10. The second kappa shape index (κ2) is 7.15. The van der Waals surface area contributed by atoms with E-state index in [-0.39, 0.29) is 0 Å². The molecule has 19 heavy (non-hydrogen) atoms. The summed E-state index contributed by atoms with van der Waals surface area (Å²) in [6.07, 6.45) is 0.639. The van der Waals surface area contributed by atoms with Crippen LogP contribution in [0.2, 0.25) is 0 Å². The van der Waals surface area contributed by atoms with Crippen molar-refractivity contribution in [3.05, 3.63) is 28.2 Å². The predicted molar refractivity (Wildman–Crippen MR) is 77.9 cm³/mol. The highest BCUT2D eigenvalue weighted by Crippen LogP contribution is 2.21. The van der Waals surface area contributed by atoms with Gasteiger partial charge >= 0.3 is 5.97 Å². The summed E-state index contributed by atoms with van der Waals surface area (Å²) in [4.78, 5) is 11.1. The molecule has 0 bridgehead atoms. The van der Waals surface area contributed by atoms with Crippen molar-refractivity contribution in [3.63, 3.8) is 0 Å². The Hall–Kier alpha value is -1.54. The molecule has 1 aromatic rings. The van der Waals surface area contributed by atoms with Crippen molar-refractivity contribution in [2.24, 2.45) is 11.8 Å². The summed E-state index contributed by atoms with van der Waals surface area (Å²) < 4.78 is 0.704. The molecule has 5 heteroatoms. The van der Waals surface area contributed by atoms with E-state index in [9.17, 15) is 4.79 Å². The molecule has 0 radical (unpaired) electrons. The second-order valence-corrected chi connectivity index (χ2v) is 5.71. The Morgan fingerprint density at radius 3 is 2.68 bits per heavy atom. The number of rotatable bonds is 6. The van der Waals surface area contributed by atoms with Gasteiger partial charge in [0, 0.05) is 16.7 Å². The van der Waals surface area contributed by atoms with Crippen LogP contribution < -0.4 is 5.32 Å². The molecule has 1 aromatic carbocycles. The van der Waals surface area contributed by atoms with E-state index in [1.54, 1.807) is 18.2 Å². The number of nitriles is 1. The largest absolute Gasteiger partial charge is 0.481 e. The number of anilines is 1. The fourth-order valence-electron chi connectivity index (χ4n) is 1.80. The van der Waals surface area contributed by atoms with Crippen molar-refractivity contribution in [1.82, 2.24) is 0 Å². The number of nitrogens with zero attached hydrogens (tertiary/aromatic N) is 1. The summed E-state index contributed by atoms with van der Waals surface area (Å²) in [6.45, 7) is 4.40. The van der Waals surface area contributed by atoms with Crippen molar-refractivity contribution >= 4 is 27.6 Å². The monoisotopic (exact) mass is 324 g/mol. The Labute approximate surface area is 121 Å². The minimum atomic E-state index is -0.783. The highest BCUT2D eigenvalue weighted by Gasteiger charge is 2.18. The number of hydrogen-bond donors (Lipinski definition) is 2. The second-order valence-electron chi connectivity index (χ2n) is 4.85. The van der Waals surface area contributed by atoms with E-state index in [1.807, 2.05) is 13.8 Å². The molecule has 2 N–H and O–H groups in total. The van der Waals surface area contributed by atoms with E-state index >= 15 is 0 Å². The van der Waals surface area contributed by atoms with Crippen molar-refractivity contribution in [3.8, 4) is 6.07 Å². The number of carbonyl (C=O) groups is 1. The summed E-state index contributed by atoms with van der Waals surface area (Å²) in [5, 5.41) is 21.1. The zero-order chi connectivity index (χ0) is 14.4. The minimum Gasteiger partial charge on any atom is -0.481 e. The molecule has 0 saturated carbocycles. The average molecular weight is 325 g/mol. The lowest BCUT2D eigenvalue weighted by Crippen LogP contribution is -2.24. The van der Waals surface area contributed by atoms with Crippen LogP contribution in [0.5, 0.6) is 0 Å². The zero-order valence-electron chi connectivity index (χ0n) is 11.0. The molecular formula is C14H17BrN2O2. The van der Waals surface area contributed by atoms with Crippen molar-refractivity contribution in [1.29, 1.82) is 5.26 Å². The first-order valence-corrected chi connectivity index (χ1v) is 6.89. The minimum absolute atomic E-state index is 0.343. The fraction of sp³-hybridized carbons (Fsp3) is 0.429. The van der Waals surface area contributed by atoms with E-state index in [2.05, 4.69) is 27.3 Å². The standard InChI is InChI=1S/C14H17BrN2O2/c1-9(2)5-11(14(18)19)8-17-12-4-3-10(7-16)13(15)6-12/h3-4,6,9,11,17H,5,8H2,1-2H3,(H,18,19). The smallest absolute Gasteiger partial charge is 0.308 e. The maximum atomic E-state index is 11.1.